The van der Waals surface area contributed by atoms with Gasteiger partial charge in [0.1, 0.15) is 18.6 Å². The fourth-order valence-corrected chi connectivity index (χ4v) is 3.67. The molecular formula is C20H22BrFN6O2. The highest BCUT2D eigenvalue weighted by molar-refractivity contribution is 9.10. The Morgan fingerprint density at radius 1 is 1.33 bits per heavy atom. The van der Waals surface area contributed by atoms with E-state index in [2.05, 4.69) is 31.5 Å². The van der Waals surface area contributed by atoms with Crippen molar-refractivity contribution in [2.45, 2.75) is 12.7 Å². The van der Waals surface area contributed by atoms with Crippen LogP contribution >= 0.6 is 15.9 Å². The van der Waals surface area contributed by atoms with Gasteiger partial charge >= 0.3 is 0 Å². The molecule has 30 heavy (non-hydrogen) atoms. The number of ether oxygens (including phenoxy) is 2. The number of benzene rings is 2. The molecule has 1 aromatic heterocycles. The third kappa shape index (κ3) is 4.20. The van der Waals surface area contributed by atoms with Crippen molar-refractivity contribution in [1.82, 2.24) is 14.9 Å². The van der Waals surface area contributed by atoms with Crippen LogP contribution in [-0.2, 0) is 6.54 Å². The third-order valence-corrected chi connectivity index (χ3v) is 5.33. The van der Waals surface area contributed by atoms with Gasteiger partial charge in [0.05, 0.1) is 32.3 Å². The maximum absolute atomic E-state index is 14.5. The molecule has 0 bridgehead atoms. The summed E-state index contributed by atoms with van der Waals surface area (Å²) in [6.45, 7) is 1.59. The molecule has 2 heterocycles. The molecule has 158 valence electrons. The minimum absolute atomic E-state index is 0.281. The largest absolute Gasteiger partial charge is 0.493 e. The smallest absolute Gasteiger partial charge is 0.163 e. The zero-order chi connectivity index (χ0) is 21.1. The molecule has 8 nitrogen and oxygen atoms in total. The molecule has 1 atom stereocenters. The van der Waals surface area contributed by atoms with Crippen molar-refractivity contribution in [2.75, 3.05) is 30.7 Å². The number of rotatable bonds is 7. The summed E-state index contributed by atoms with van der Waals surface area (Å²) in [5, 5.41) is 7.90. The monoisotopic (exact) mass is 476 g/mol. The van der Waals surface area contributed by atoms with Crippen molar-refractivity contribution in [3.63, 3.8) is 0 Å². The summed E-state index contributed by atoms with van der Waals surface area (Å²) in [7, 11) is 1.58. The summed E-state index contributed by atoms with van der Waals surface area (Å²) >= 11 is 3.27. The van der Waals surface area contributed by atoms with Gasteiger partial charge in [0.2, 0.25) is 0 Å². The maximum Gasteiger partial charge on any atom is 0.163 e. The van der Waals surface area contributed by atoms with Crippen molar-refractivity contribution in [2.24, 2.45) is 5.84 Å². The molecule has 0 saturated heterocycles. The van der Waals surface area contributed by atoms with Crippen LogP contribution in [0.5, 0.6) is 11.5 Å². The highest BCUT2D eigenvalue weighted by atomic mass is 79.9. The van der Waals surface area contributed by atoms with Gasteiger partial charge in [-0.1, -0.05) is 15.9 Å². The van der Waals surface area contributed by atoms with Crippen molar-refractivity contribution >= 4 is 27.3 Å². The number of halogens is 2. The van der Waals surface area contributed by atoms with Crippen molar-refractivity contribution < 1.29 is 13.9 Å². The lowest BCUT2D eigenvalue weighted by Crippen LogP contribution is -2.47. The average Bonchev–Trinajstić information content (AvgIpc) is 3.26. The molecule has 0 amide bonds. The molecule has 0 saturated carbocycles. The van der Waals surface area contributed by atoms with Crippen LogP contribution in [0.3, 0.4) is 0 Å². The molecule has 0 spiro atoms. The van der Waals surface area contributed by atoms with E-state index in [4.69, 9.17) is 15.3 Å². The van der Waals surface area contributed by atoms with E-state index in [9.17, 15) is 4.39 Å². The van der Waals surface area contributed by atoms with Gasteiger partial charge < -0.3 is 19.4 Å². The molecular weight excluding hydrogens is 455 g/mol. The van der Waals surface area contributed by atoms with Crippen LogP contribution in [0, 0.1) is 5.82 Å². The number of nitrogens with zero attached hydrogens (tertiary/aromatic N) is 3. The van der Waals surface area contributed by atoms with E-state index in [1.807, 2.05) is 22.9 Å². The number of nitrogens with one attached hydrogen (secondary N) is 2. The van der Waals surface area contributed by atoms with Crippen molar-refractivity contribution in [3.05, 3.63) is 64.9 Å². The predicted octanol–water partition coefficient (Wildman–Crippen LogP) is 3.22. The van der Waals surface area contributed by atoms with Gasteiger partial charge in [-0.05, 0) is 24.3 Å². The van der Waals surface area contributed by atoms with Crippen LogP contribution in [0.1, 0.15) is 11.7 Å². The molecule has 1 aliphatic heterocycles. The molecule has 4 N–H and O–H groups in total. The summed E-state index contributed by atoms with van der Waals surface area (Å²) in [5.74, 6) is 7.07. The van der Waals surface area contributed by atoms with Gasteiger partial charge in [-0.15, -0.1) is 0 Å². The van der Waals surface area contributed by atoms with Gasteiger partial charge in [0, 0.05) is 34.2 Å². The number of hydrogen-bond donors (Lipinski definition) is 3. The lowest BCUT2D eigenvalue weighted by atomic mass is 10.1. The van der Waals surface area contributed by atoms with E-state index in [-0.39, 0.29) is 5.69 Å². The quantitative estimate of drug-likeness (QED) is 0.356. The number of anilines is 2. The Balaban J connectivity index is 1.58. The fourth-order valence-electron chi connectivity index (χ4n) is 3.34. The number of nitrogens with two attached hydrogens (primary N) is 1. The minimum Gasteiger partial charge on any atom is -0.493 e. The number of imidazole rings is 1. The summed E-state index contributed by atoms with van der Waals surface area (Å²) in [6, 6.07) is 8.49. The molecule has 1 aliphatic rings. The molecule has 0 radical (unpaired) electrons. The van der Waals surface area contributed by atoms with Gasteiger partial charge in [-0.2, -0.15) is 0 Å². The van der Waals surface area contributed by atoms with Crippen molar-refractivity contribution in [3.8, 4) is 11.5 Å². The topological polar surface area (TPSA) is 89.6 Å². The Labute approximate surface area is 181 Å². The third-order valence-electron chi connectivity index (χ3n) is 4.84. The lowest BCUT2D eigenvalue weighted by Gasteiger charge is -2.36. The second kappa shape index (κ2) is 8.90. The Morgan fingerprint density at radius 3 is 2.93 bits per heavy atom. The number of methoxy groups -OCH3 is 1. The second-order valence-corrected chi connectivity index (χ2v) is 7.62. The zero-order valence-electron chi connectivity index (χ0n) is 16.3. The SMILES string of the molecule is COc1cc2c(cc1OCCn1ccnc1)NCNC2N(N)c1ccc(Br)cc1F. The highest BCUT2D eigenvalue weighted by Crippen LogP contribution is 2.39. The van der Waals surface area contributed by atoms with Gasteiger partial charge in [-0.25, -0.2) is 15.2 Å². The van der Waals surface area contributed by atoms with E-state index < -0.39 is 12.0 Å². The van der Waals surface area contributed by atoms with E-state index in [1.165, 1.54) is 11.1 Å². The fraction of sp³-hybridized carbons (Fsp3) is 0.250. The Morgan fingerprint density at radius 2 is 2.20 bits per heavy atom. The number of fused-ring (bicyclic) bond motifs is 1. The summed E-state index contributed by atoms with van der Waals surface area (Å²) in [4.78, 5) is 4.02. The van der Waals surface area contributed by atoms with Crippen LogP contribution in [0.15, 0.2) is 53.5 Å². The molecule has 0 aliphatic carbocycles. The number of aromatic nitrogens is 2. The Bertz CT molecular complexity index is 1020. The van der Waals surface area contributed by atoms with E-state index in [1.54, 1.807) is 31.8 Å². The van der Waals surface area contributed by atoms with E-state index in [0.717, 1.165) is 11.3 Å². The zero-order valence-corrected chi connectivity index (χ0v) is 17.9. The molecule has 3 aromatic rings. The van der Waals surface area contributed by atoms with Gasteiger partial charge in [0.25, 0.3) is 0 Å². The molecule has 4 rings (SSSR count). The first-order chi connectivity index (χ1) is 14.6. The Kier molecular flexibility index (Phi) is 6.07. The lowest BCUT2D eigenvalue weighted by molar-refractivity contribution is 0.279. The van der Waals surface area contributed by atoms with Crippen LogP contribution in [0.4, 0.5) is 15.8 Å². The first kappa shape index (κ1) is 20.5. The highest BCUT2D eigenvalue weighted by Gasteiger charge is 2.28. The van der Waals surface area contributed by atoms with Crippen molar-refractivity contribution in [1.29, 1.82) is 0 Å². The van der Waals surface area contributed by atoms with E-state index in [0.29, 0.717) is 35.8 Å². The average molecular weight is 477 g/mol. The van der Waals surface area contributed by atoms with Gasteiger partial charge in [0.15, 0.2) is 11.5 Å². The normalized spacial score (nSPS) is 15.3. The summed E-state index contributed by atoms with van der Waals surface area (Å²) in [5.41, 5.74) is 1.94. The number of hydrogen-bond acceptors (Lipinski definition) is 7. The first-order valence-corrected chi connectivity index (χ1v) is 10.1. The molecule has 2 aromatic carbocycles. The van der Waals surface area contributed by atoms with Gasteiger partial charge in [-0.3, -0.25) is 10.3 Å². The first-order valence-electron chi connectivity index (χ1n) is 9.33. The minimum atomic E-state index is -0.453. The van der Waals surface area contributed by atoms with E-state index >= 15 is 0 Å². The number of hydrazine groups is 1. The Hall–Kier alpha value is -2.82. The van der Waals surface area contributed by atoms with Crippen LogP contribution in [-0.4, -0.2) is 29.9 Å². The van der Waals surface area contributed by atoms with Crippen LogP contribution in [0.25, 0.3) is 0 Å². The maximum atomic E-state index is 14.5. The second-order valence-electron chi connectivity index (χ2n) is 6.70. The van der Waals surface area contributed by atoms with Crippen LogP contribution in [0.2, 0.25) is 0 Å². The van der Waals surface area contributed by atoms with Crippen LogP contribution < -0.4 is 31.0 Å². The summed E-state index contributed by atoms with van der Waals surface area (Å²) < 4.78 is 28.5. The molecule has 0 fully saturated rings. The molecule has 10 heteroatoms. The molecule has 1 unspecified atom stereocenters. The summed E-state index contributed by atoms with van der Waals surface area (Å²) in [6.07, 6.45) is 4.89. The predicted molar refractivity (Wildman–Crippen MR) is 116 cm³/mol. The standard InChI is InChI=1S/C20H22BrFN6O2/c1-29-18-9-14-16(10-19(18)30-7-6-27-5-4-24-12-27)25-11-26-20(14)28(23)17-3-2-13(21)8-15(17)22/h2-5,8-10,12,20,25-26H,6-7,11,23H2,1H3.